The Morgan fingerprint density at radius 2 is 1.83 bits per heavy atom. The standard InChI is InChI=1S/C23H30N4O2/c1-3-19-8-10-20(11-9-19)22(28)26-23(25-21-7-5-4-6-18(21)2)24-12-13-27-14-16-29-17-15-27/h4-11H,3,12-17H2,1-2H3,(H2,24,25,26,28). The van der Waals surface area contributed by atoms with E-state index in [1.807, 2.05) is 55.5 Å². The Morgan fingerprint density at radius 3 is 2.52 bits per heavy atom. The summed E-state index contributed by atoms with van der Waals surface area (Å²) in [5.74, 6) is 0.302. The number of morpholine rings is 1. The number of aliphatic imine (C=N–C) groups is 1. The number of nitrogens with zero attached hydrogens (tertiary/aromatic N) is 2. The summed E-state index contributed by atoms with van der Waals surface area (Å²) in [6.45, 7) is 8.94. The van der Waals surface area contributed by atoms with Crippen molar-refractivity contribution in [2.75, 3.05) is 44.7 Å². The molecule has 0 unspecified atom stereocenters. The van der Waals surface area contributed by atoms with Gasteiger partial charge in [-0.15, -0.1) is 0 Å². The highest BCUT2D eigenvalue weighted by molar-refractivity contribution is 6.10. The fourth-order valence-corrected chi connectivity index (χ4v) is 3.15. The zero-order valence-electron chi connectivity index (χ0n) is 17.3. The molecule has 1 heterocycles. The van der Waals surface area contributed by atoms with Crippen molar-refractivity contribution in [1.82, 2.24) is 10.2 Å². The van der Waals surface area contributed by atoms with Crippen molar-refractivity contribution >= 4 is 17.6 Å². The number of hydrogen-bond acceptors (Lipinski definition) is 4. The van der Waals surface area contributed by atoms with Gasteiger partial charge in [-0.25, -0.2) is 0 Å². The number of carbonyl (C=O) groups is 1. The van der Waals surface area contributed by atoms with Crippen molar-refractivity contribution in [2.45, 2.75) is 20.3 Å². The van der Waals surface area contributed by atoms with Crippen LogP contribution in [0.15, 0.2) is 53.5 Å². The number of nitrogens with one attached hydrogen (secondary N) is 2. The van der Waals surface area contributed by atoms with Crippen LogP contribution in [0.3, 0.4) is 0 Å². The number of hydrogen-bond donors (Lipinski definition) is 2. The van der Waals surface area contributed by atoms with Crippen LogP contribution < -0.4 is 10.6 Å². The molecule has 0 spiro atoms. The normalized spacial score (nSPS) is 15.2. The lowest BCUT2D eigenvalue weighted by Gasteiger charge is -2.25. The number of amides is 1. The van der Waals surface area contributed by atoms with Gasteiger partial charge in [-0.1, -0.05) is 37.3 Å². The van der Waals surface area contributed by atoms with Gasteiger partial charge in [-0.05, 0) is 42.7 Å². The third kappa shape index (κ3) is 6.41. The van der Waals surface area contributed by atoms with Gasteiger partial charge in [0.2, 0.25) is 5.96 Å². The molecule has 0 aromatic heterocycles. The largest absolute Gasteiger partial charge is 0.379 e. The molecule has 2 aromatic rings. The van der Waals surface area contributed by atoms with E-state index in [0.717, 1.165) is 50.5 Å². The summed E-state index contributed by atoms with van der Waals surface area (Å²) in [5, 5.41) is 6.22. The van der Waals surface area contributed by atoms with Gasteiger partial charge in [0.15, 0.2) is 0 Å². The van der Waals surface area contributed by atoms with Gasteiger partial charge in [-0.3, -0.25) is 20.0 Å². The van der Waals surface area contributed by atoms with Crippen molar-refractivity contribution in [2.24, 2.45) is 4.99 Å². The smallest absolute Gasteiger partial charge is 0.257 e. The molecule has 1 aliphatic rings. The molecular formula is C23H30N4O2. The molecule has 0 atom stereocenters. The van der Waals surface area contributed by atoms with Crippen molar-refractivity contribution < 1.29 is 9.53 Å². The minimum Gasteiger partial charge on any atom is -0.379 e. The van der Waals surface area contributed by atoms with E-state index < -0.39 is 0 Å². The number of guanidine groups is 1. The number of carbonyl (C=O) groups excluding carboxylic acids is 1. The van der Waals surface area contributed by atoms with Gasteiger partial charge < -0.3 is 10.1 Å². The summed E-state index contributed by atoms with van der Waals surface area (Å²) >= 11 is 0. The Hall–Kier alpha value is -2.70. The van der Waals surface area contributed by atoms with E-state index in [0.29, 0.717) is 18.1 Å². The molecular weight excluding hydrogens is 364 g/mol. The Balaban J connectivity index is 1.69. The topological polar surface area (TPSA) is 66.0 Å². The lowest BCUT2D eigenvalue weighted by Crippen LogP contribution is -2.39. The number of para-hydroxylation sites is 1. The first kappa shape index (κ1) is 21.0. The van der Waals surface area contributed by atoms with Crippen LogP contribution in [0.2, 0.25) is 0 Å². The molecule has 6 nitrogen and oxygen atoms in total. The second kappa shape index (κ2) is 10.7. The highest BCUT2D eigenvalue weighted by Gasteiger charge is 2.12. The maximum absolute atomic E-state index is 12.7. The Kier molecular flexibility index (Phi) is 7.78. The first-order chi connectivity index (χ1) is 14.2. The van der Waals surface area contributed by atoms with Crippen molar-refractivity contribution in [1.29, 1.82) is 0 Å². The van der Waals surface area contributed by atoms with E-state index in [1.54, 1.807) is 0 Å². The minimum atomic E-state index is -0.168. The summed E-state index contributed by atoms with van der Waals surface area (Å²) in [5.41, 5.74) is 3.85. The first-order valence-corrected chi connectivity index (χ1v) is 10.2. The molecule has 0 radical (unpaired) electrons. The summed E-state index contributed by atoms with van der Waals surface area (Å²) in [4.78, 5) is 19.7. The molecule has 1 saturated heterocycles. The van der Waals surface area contributed by atoms with Crippen LogP contribution in [0.5, 0.6) is 0 Å². The summed E-state index contributed by atoms with van der Waals surface area (Å²) in [6, 6.07) is 15.6. The average Bonchev–Trinajstić information content (AvgIpc) is 2.76. The predicted octanol–water partition coefficient (Wildman–Crippen LogP) is 3.09. The summed E-state index contributed by atoms with van der Waals surface area (Å²) < 4.78 is 5.39. The number of anilines is 1. The zero-order chi connectivity index (χ0) is 20.5. The van der Waals surface area contributed by atoms with Gasteiger partial charge in [-0.2, -0.15) is 0 Å². The van der Waals surface area contributed by atoms with Gasteiger partial charge in [0.25, 0.3) is 5.91 Å². The molecule has 3 rings (SSSR count). The molecule has 29 heavy (non-hydrogen) atoms. The second-order valence-corrected chi connectivity index (χ2v) is 7.13. The van der Waals surface area contributed by atoms with Crippen LogP contribution in [-0.2, 0) is 11.2 Å². The van der Waals surface area contributed by atoms with E-state index in [4.69, 9.17) is 4.74 Å². The first-order valence-electron chi connectivity index (χ1n) is 10.2. The van der Waals surface area contributed by atoms with Gasteiger partial charge in [0.05, 0.1) is 19.8 Å². The fraction of sp³-hybridized carbons (Fsp3) is 0.391. The molecule has 2 aromatic carbocycles. The van der Waals surface area contributed by atoms with Crippen LogP contribution >= 0.6 is 0 Å². The molecule has 1 aliphatic heterocycles. The maximum atomic E-state index is 12.7. The number of rotatable bonds is 6. The van der Waals surface area contributed by atoms with Gasteiger partial charge >= 0.3 is 0 Å². The third-order valence-electron chi connectivity index (χ3n) is 5.04. The van der Waals surface area contributed by atoms with Crippen molar-refractivity contribution in [3.63, 3.8) is 0 Å². The molecule has 6 heteroatoms. The van der Waals surface area contributed by atoms with Gasteiger partial charge in [0.1, 0.15) is 0 Å². The molecule has 1 fully saturated rings. The maximum Gasteiger partial charge on any atom is 0.257 e. The quantitative estimate of drug-likeness (QED) is 0.584. The molecule has 2 N–H and O–H groups in total. The lowest BCUT2D eigenvalue weighted by molar-refractivity contribution is 0.0394. The molecule has 1 amide bonds. The van der Waals surface area contributed by atoms with Gasteiger partial charge in [0, 0.05) is 30.9 Å². The third-order valence-corrected chi connectivity index (χ3v) is 5.04. The highest BCUT2D eigenvalue weighted by atomic mass is 16.5. The monoisotopic (exact) mass is 394 g/mol. The van der Waals surface area contributed by atoms with E-state index in [-0.39, 0.29) is 5.91 Å². The van der Waals surface area contributed by atoms with E-state index >= 15 is 0 Å². The van der Waals surface area contributed by atoms with E-state index in [9.17, 15) is 4.79 Å². The van der Waals surface area contributed by atoms with Crippen LogP contribution in [0.1, 0.15) is 28.4 Å². The number of ether oxygens (including phenoxy) is 1. The van der Waals surface area contributed by atoms with Crippen LogP contribution in [0, 0.1) is 6.92 Å². The van der Waals surface area contributed by atoms with E-state index in [2.05, 4.69) is 27.4 Å². The Morgan fingerprint density at radius 1 is 1.10 bits per heavy atom. The Labute approximate surface area is 173 Å². The van der Waals surface area contributed by atoms with Crippen LogP contribution in [-0.4, -0.2) is 56.2 Å². The molecule has 0 aliphatic carbocycles. The predicted molar refractivity (Wildman–Crippen MR) is 118 cm³/mol. The molecule has 154 valence electrons. The molecule has 0 bridgehead atoms. The zero-order valence-corrected chi connectivity index (χ0v) is 17.3. The minimum absolute atomic E-state index is 0.168. The van der Waals surface area contributed by atoms with Crippen LogP contribution in [0.25, 0.3) is 0 Å². The second-order valence-electron chi connectivity index (χ2n) is 7.13. The fourth-order valence-electron chi connectivity index (χ4n) is 3.15. The van der Waals surface area contributed by atoms with Crippen molar-refractivity contribution in [3.05, 3.63) is 65.2 Å². The Bertz CT molecular complexity index is 827. The highest BCUT2D eigenvalue weighted by Crippen LogP contribution is 2.13. The number of benzene rings is 2. The summed E-state index contributed by atoms with van der Waals surface area (Å²) in [6.07, 6.45) is 0.949. The average molecular weight is 395 g/mol. The van der Waals surface area contributed by atoms with Crippen LogP contribution in [0.4, 0.5) is 5.69 Å². The lowest BCUT2D eigenvalue weighted by atomic mass is 10.1. The number of aryl methyl sites for hydroxylation is 2. The summed E-state index contributed by atoms with van der Waals surface area (Å²) in [7, 11) is 0. The van der Waals surface area contributed by atoms with Crippen molar-refractivity contribution in [3.8, 4) is 0 Å². The molecule has 0 saturated carbocycles. The van der Waals surface area contributed by atoms with E-state index in [1.165, 1.54) is 5.56 Å². The SMILES string of the molecule is CCc1ccc(C(=O)NC(=NCCN2CCOCC2)Nc2ccccc2C)cc1.